The second-order valence-corrected chi connectivity index (χ2v) is 4.76. The molecule has 0 spiro atoms. The number of aryl methyl sites for hydroxylation is 1. The summed E-state index contributed by atoms with van der Waals surface area (Å²) in [7, 11) is 0. The van der Waals surface area contributed by atoms with Crippen molar-refractivity contribution in [1.29, 1.82) is 0 Å². The van der Waals surface area contributed by atoms with Crippen LogP contribution < -0.4 is 10.5 Å². The normalized spacial score (nSPS) is 10.3. The van der Waals surface area contributed by atoms with Crippen LogP contribution in [-0.2, 0) is 6.61 Å². The van der Waals surface area contributed by atoms with Crippen molar-refractivity contribution in [2.24, 2.45) is 5.73 Å². The van der Waals surface area contributed by atoms with Gasteiger partial charge in [0.05, 0.1) is 10.6 Å². The molecule has 0 radical (unpaired) electrons. The van der Waals surface area contributed by atoms with Crippen LogP contribution in [0.1, 0.15) is 21.5 Å². The van der Waals surface area contributed by atoms with Gasteiger partial charge in [0, 0.05) is 5.56 Å². The first-order valence-corrected chi connectivity index (χ1v) is 6.33. The van der Waals surface area contributed by atoms with Crippen molar-refractivity contribution >= 4 is 17.5 Å². The Morgan fingerprint density at radius 3 is 2.75 bits per heavy atom. The van der Waals surface area contributed by atoms with Gasteiger partial charge in [-0.25, -0.2) is 4.39 Å². The number of amides is 1. The molecule has 0 atom stereocenters. The van der Waals surface area contributed by atoms with Crippen LogP contribution in [0, 0.1) is 12.7 Å². The Bertz CT molecular complexity index is 638. The summed E-state index contributed by atoms with van der Waals surface area (Å²) >= 11 is 5.92. The fourth-order valence-electron chi connectivity index (χ4n) is 1.77. The number of ether oxygens (including phenoxy) is 1. The molecule has 20 heavy (non-hydrogen) atoms. The van der Waals surface area contributed by atoms with Gasteiger partial charge in [-0.2, -0.15) is 0 Å². The third-order valence-corrected chi connectivity index (χ3v) is 3.19. The van der Waals surface area contributed by atoms with E-state index in [4.69, 9.17) is 22.1 Å². The molecule has 3 nitrogen and oxygen atoms in total. The van der Waals surface area contributed by atoms with Crippen molar-refractivity contribution in [3.8, 4) is 5.75 Å². The van der Waals surface area contributed by atoms with Crippen LogP contribution in [0.4, 0.5) is 4.39 Å². The van der Waals surface area contributed by atoms with Gasteiger partial charge in [0.2, 0.25) is 0 Å². The van der Waals surface area contributed by atoms with Crippen LogP contribution in [0.25, 0.3) is 0 Å². The van der Waals surface area contributed by atoms with Gasteiger partial charge in [0.25, 0.3) is 5.91 Å². The van der Waals surface area contributed by atoms with Gasteiger partial charge in [0.15, 0.2) is 0 Å². The Hall–Kier alpha value is -2.07. The summed E-state index contributed by atoms with van der Waals surface area (Å²) in [6, 6.07) is 9.40. The number of benzene rings is 2. The molecular weight excluding hydrogens is 281 g/mol. The van der Waals surface area contributed by atoms with Crippen molar-refractivity contribution in [2.45, 2.75) is 13.5 Å². The third-order valence-electron chi connectivity index (χ3n) is 2.84. The highest BCUT2D eigenvalue weighted by Gasteiger charge is 2.12. The molecule has 0 saturated carbocycles. The fourth-order valence-corrected chi connectivity index (χ4v) is 1.99. The van der Waals surface area contributed by atoms with Gasteiger partial charge in [0.1, 0.15) is 18.2 Å². The number of hydrogen-bond donors (Lipinski definition) is 1. The molecule has 2 N–H and O–H groups in total. The van der Waals surface area contributed by atoms with Gasteiger partial charge in [-0.3, -0.25) is 4.79 Å². The molecule has 104 valence electrons. The molecule has 2 aromatic rings. The highest BCUT2D eigenvalue weighted by Crippen LogP contribution is 2.24. The largest absolute Gasteiger partial charge is 0.488 e. The maximum absolute atomic E-state index is 13.6. The first kappa shape index (κ1) is 14.3. The number of hydrogen-bond acceptors (Lipinski definition) is 2. The summed E-state index contributed by atoms with van der Waals surface area (Å²) in [6.07, 6.45) is 0. The van der Waals surface area contributed by atoms with Crippen molar-refractivity contribution in [2.75, 3.05) is 0 Å². The molecule has 0 heterocycles. The average Bonchev–Trinajstić information content (AvgIpc) is 2.37. The van der Waals surface area contributed by atoms with Gasteiger partial charge < -0.3 is 10.5 Å². The molecule has 0 aliphatic rings. The van der Waals surface area contributed by atoms with Crippen LogP contribution in [0.5, 0.6) is 5.75 Å². The van der Waals surface area contributed by atoms with E-state index in [1.165, 1.54) is 12.1 Å². The third kappa shape index (κ3) is 3.08. The van der Waals surface area contributed by atoms with Crippen LogP contribution in [0.2, 0.25) is 5.02 Å². The molecule has 0 fully saturated rings. The zero-order valence-electron chi connectivity index (χ0n) is 10.8. The minimum atomic E-state index is -0.598. The van der Waals surface area contributed by atoms with E-state index in [2.05, 4.69) is 0 Å². The van der Waals surface area contributed by atoms with Crippen molar-refractivity contribution in [3.05, 3.63) is 63.9 Å². The minimum absolute atomic E-state index is 0.0742. The van der Waals surface area contributed by atoms with Crippen molar-refractivity contribution in [3.63, 3.8) is 0 Å². The molecule has 0 bridgehead atoms. The van der Waals surface area contributed by atoms with E-state index in [-0.39, 0.29) is 22.8 Å². The lowest BCUT2D eigenvalue weighted by molar-refractivity contribution is 0.0996. The first-order chi connectivity index (χ1) is 9.49. The maximum Gasteiger partial charge on any atom is 0.252 e. The molecule has 2 rings (SSSR count). The van der Waals surface area contributed by atoms with Crippen molar-refractivity contribution < 1.29 is 13.9 Å². The number of rotatable bonds is 4. The number of halogens is 2. The summed E-state index contributed by atoms with van der Waals surface area (Å²) in [5, 5.41) is 0.276. The molecule has 5 heteroatoms. The summed E-state index contributed by atoms with van der Waals surface area (Å²) in [4.78, 5) is 11.3. The lowest BCUT2D eigenvalue weighted by Gasteiger charge is -2.12. The summed E-state index contributed by atoms with van der Waals surface area (Å²) in [5.41, 5.74) is 6.68. The quantitative estimate of drug-likeness (QED) is 0.938. The lowest BCUT2D eigenvalue weighted by Crippen LogP contribution is -2.13. The molecule has 0 unspecified atom stereocenters. The summed E-state index contributed by atoms with van der Waals surface area (Å²) in [6.45, 7) is 1.78. The van der Waals surface area contributed by atoms with Gasteiger partial charge in [-0.05, 0) is 36.8 Å². The highest BCUT2D eigenvalue weighted by molar-refractivity contribution is 6.31. The first-order valence-electron chi connectivity index (χ1n) is 5.95. The molecule has 0 aromatic heterocycles. The lowest BCUT2D eigenvalue weighted by atomic mass is 10.1. The Balaban J connectivity index is 2.27. The van der Waals surface area contributed by atoms with Gasteiger partial charge in [-0.1, -0.05) is 23.7 Å². The standard InChI is InChI=1S/C15H13ClFNO2/c1-9-5-6-10(15(18)19)14(7-9)20-8-11-12(16)3-2-4-13(11)17/h2-7H,8H2,1H3,(H2,18,19). The SMILES string of the molecule is Cc1ccc(C(N)=O)c(OCc2c(F)cccc2Cl)c1. The zero-order valence-corrected chi connectivity index (χ0v) is 11.6. The zero-order chi connectivity index (χ0) is 14.7. The van der Waals surface area contributed by atoms with Gasteiger partial charge >= 0.3 is 0 Å². The monoisotopic (exact) mass is 293 g/mol. The van der Waals surface area contributed by atoms with Crippen LogP contribution in [0.3, 0.4) is 0 Å². The topological polar surface area (TPSA) is 52.3 Å². The van der Waals surface area contributed by atoms with E-state index < -0.39 is 11.7 Å². The van der Waals surface area contributed by atoms with E-state index in [1.54, 1.807) is 24.3 Å². The molecule has 0 aliphatic heterocycles. The summed E-state index contributed by atoms with van der Waals surface area (Å²) in [5.74, 6) is -0.734. The van der Waals surface area contributed by atoms with Crippen molar-refractivity contribution in [1.82, 2.24) is 0 Å². The average molecular weight is 294 g/mol. The maximum atomic E-state index is 13.6. The van der Waals surface area contributed by atoms with E-state index in [9.17, 15) is 9.18 Å². The molecule has 0 saturated heterocycles. The fraction of sp³-hybridized carbons (Fsp3) is 0.133. The van der Waals surface area contributed by atoms with Crippen LogP contribution in [0.15, 0.2) is 36.4 Å². The second-order valence-electron chi connectivity index (χ2n) is 4.35. The van der Waals surface area contributed by atoms with Crippen LogP contribution in [-0.4, -0.2) is 5.91 Å². The Kier molecular flexibility index (Phi) is 4.25. The smallest absolute Gasteiger partial charge is 0.252 e. The van der Waals surface area contributed by atoms with Gasteiger partial charge in [-0.15, -0.1) is 0 Å². The number of carbonyl (C=O) groups excluding carboxylic acids is 1. The Labute approximate surface area is 121 Å². The summed E-state index contributed by atoms with van der Waals surface area (Å²) < 4.78 is 19.1. The van der Waals surface area contributed by atoms with E-state index in [0.717, 1.165) is 5.56 Å². The number of primary amides is 1. The van der Waals surface area contributed by atoms with E-state index >= 15 is 0 Å². The number of carbonyl (C=O) groups is 1. The van der Waals surface area contributed by atoms with E-state index in [0.29, 0.717) is 5.75 Å². The molecule has 0 aliphatic carbocycles. The highest BCUT2D eigenvalue weighted by atomic mass is 35.5. The predicted molar refractivity (Wildman–Crippen MR) is 75.4 cm³/mol. The molecule has 1 amide bonds. The predicted octanol–water partition coefficient (Wildman–Crippen LogP) is 3.47. The minimum Gasteiger partial charge on any atom is -0.488 e. The Morgan fingerprint density at radius 1 is 1.35 bits per heavy atom. The van der Waals surface area contributed by atoms with E-state index in [1.807, 2.05) is 6.92 Å². The molecule has 2 aromatic carbocycles. The Morgan fingerprint density at radius 2 is 2.10 bits per heavy atom. The number of nitrogens with two attached hydrogens (primary N) is 1. The molecular formula is C15H13ClFNO2. The van der Waals surface area contributed by atoms with Crippen LogP contribution >= 0.6 is 11.6 Å². The second kappa shape index (κ2) is 5.92.